The summed E-state index contributed by atoms with van der Waals surface area (Å²) in [6.45, 7) is 1.87. The zero-order chi connectivity index (χ0) is 33.7. The van der Waals surface area contributed by atoms with Crippen molar-refractivity contribution in [2.24, 2.45) is 11.3 Å². The number of aromatic nitrogens is 1. The normalized spacial score (nSPS) is 17.6. The van der Waals surface area contributed by atoms with Gasteiger partial charge in [0.1, 0.15) is 11.1 Å². The Morgan fingerprint density at radius 2 is 1.70 bits per heavy atom. The molecule has 0 aliphatic carbocycles. The number of carbonyl (C=O) groups is 1. The molecule has 0 bridgehead atoms. The highest BCUT2D eigenvalue weighted by molar-refractivity contribution is 7.85. The molecule has 0 atom stereocenters. The van der Waals surface area contributed by atoms with Gasteiger partial charge >= 0.3 is 12.1 Å². The molecule has 3 heterocycles. The number of halogens is 3. The first kappa shape index (κ1) is 34.4. The van der Waals surface area contributed by atoms with E-state index >= 15 is 0 Å². The fourth-order valence-electron chi connectivity index (χ4n) is 5.78. The molecule has 47 heavy (non-hydrogen) atoms. The monoisotopic (exact) mass is 680 g/mol. The van der Waals surface area contributed by atoms with Crippen molar-refractivity contribution in [3.63, 3.8) is 0 Å². The van der Waals surface area contributed by atoms with E-state index in [2.05, 4.69) is 10.1 Å². The van der Waals surface area contributed by atoms with Crippen molar-refractivity contribution in [1.82, 2.24) is 10.1 Å². The van der Waals surface area contributed by atoms with E-state index in [9.17, 15) is 31.5 Å². The van der Waals surface area contributed by atoms with Crippen LogP contribution in [0.25, 0.3) is 21.7 Å². The van der Waals surface area contributed by atoms with Crippen LogP contribution in [0.2, 0.25) is 0 Å². The number of piperidine rings is 1. The highest BCUT2D eigenvalue weighted by Crippen LogP contribution is 2.36. The van der Waals surface area contributed by atoms with Gasteiger partial charge in [-0.05, 0) is 84.9 Å². The number of rotatable bonds is 9. The van der Waals surface area contributed by atoms with Crippen LogP contribution in [0.4, 0.5) is 13.2 Å². The first-order valence-electron chi connectivity index (χ1n) is 15.0. The SMILES string of the molecule is O=C(O)C1(CN2CCC(COc3noc4cccc(OCC(F)(F)F)c34)CC2)CCOCC1.O=S(=O)(O)c1ccc2ccccc2c1. The Hall–Kier alpha value is -3.92. The number of carboxylic acid groups (broad SMARTS) is 1. The smallest absolute Gasteiger partial charge is 0.422 e. The second-order valence-corrected chi connectivity index (χ2v) is 13.2. The van der Waals surface area contributed by atoms with Crippen LogP contribution in [-0.2, 0) is 19.6 Å². The zero-order valence-electron chi connectivity index (χ0n) is 25.3. The highest BCUT2D eigenvalue weighted by Gasteiger charge is 2.42. The van der Waals surface area contributed by atoms with Crippen LogP contribution in [-0.4, -0.2) is 86.3 Å². The summed E-state index contributed by atoms with van der Waals surface area (Å²) in [6.07, 6.45) is -1.79. The van der Waals surface area contributed by atoms with Gasteiger partial charge in [-0.2, -0.15) is 21.6 Å². The van der Waals surface area contributed by atoms with Gasteiger partial charge in [-0.3, -0.25) is 9.35 Å². The summed E-state index contributed by atoms with van der Waals surface area (Å²) in [7, 11) is -4.09. The largest absolute Gasteiger partial charge is 0.483 e. The van der Waals surface area contributed by atoms with Crippen LogP contribution in [0.5, 0.6) is 11.6 Å². The van der Waals surface area contributed by atoms with Crippen LogP contribution in [0.15, 0.2) is 70.1 Å². The summed E-state index contributed by atoms with van der Waals surface area (Å²) in [5, 5.41) is 15.6. The Morgan fingerprint density at radius 1 is 1.00 bits per heavy atom. The van der Waals surface area contributed by atoms with E-state index < -0.39 is 34.3 Å². The molecule has 15 heteroatoms. The molecule has 0 radical (unpaired) electrons. The number of benzene rings is 3. The third-order valence-corrected chi connectivity index (χ3v) is 9.28. The lowest BCUT2D eigenvalue weighted by Crippen LogP contribution is -2.49. The molecule has 4 aromatic rings. The van der Waals surface area contributed by atoms with Crippen molar-refractivity contribution >= 4 is 37.8 Å². The fourth-order valence-corrected chi connectivity index (χ4v) is 6.29. The molecule has 2 aliphatic heterocycles. The van der Waals surface area contributed by atoms with Crippen molar-refractivity contribution in [2.45, 2.75) is 36.8 Å². The summed E-state index contributed by atoms with van der Waals surface area (Å²) in [4.78, 5) is 14.0. The standard InChI is InChI=1S/C22H27F3N2O6.C10H8O3S/c23-22(24,25)14-32-16-2-1-3-17-18(16)19(26-33-17)31-12-15-4-8-27(9-5-15)13-21(20(28)29)6-10-30-11-7-21;11-14(12,13)10-6-5-8-3-1-2-4-9(8)7-10/h1-3,15H,4-14H2,(H,28,29);1-7H,(H,11,12,13). The van der Waals surface area contributed by atoms with Crippen LogP contribution in [0.3, 0.4) is 0 Å². The molecule has 254 valence electrons. The third kappa shape index (κ3) is 8.91. The van der Waals surface area contributed by atoms with Gasteiger partial charge in [-0.1, -0.05) is 36.4 Å². The number of hydrogen-bond donors (Lipinski definition) is 2. The molecule has 0 saturated carbocycles. The fraction of sp³-hybridized carbons (Fsp3) is 0.438. The van der Waals surface area contributed by atoms with Gasteiger partial charge in [0, 0.05) is 19.8 Å². The van der Waals surface area contributed by atoms with Gasteiger partial charge in [0.25, 0.3) is 16.0 Å². The van der Waals surface area contributed by atoms with Crippen LogP contribution in [0, 0.1) is 11.3 Å². The van der Waals surface area contributed by atoms with Crippen molar-refractivity contribution in [3.05, 3.63) is 60.7 Å². The Balaban J connectivity index is 0.000000257. The molecule has 0 amide bonds. The molecule has 2 N–H and O–H groups in total. The summed E-state index contributed by atoms with van der Waals surface area (Å²) in [6, 6.07) is 16.4. The number of likely N-dealkylation sites (tertiary alicyclic amines) is 1. The molecular weight excluding hydrogens is 645 g/mol. The van der Waals surface area contributed by atoms with Crippen molar-refractivity contribution in [1.29, 1.82) is 0 Å². The predicted molar refractivity (Wildman–Crippen MR) is 164 cm³/mol. The first-order chi connectivity index (χ1) is 22.3. The zero-order valence-corrected chi connectivity index (χ0v) is 26.1. The molecule has 2 saturated heterocycles. The first-order valence-corrected chi connectivity index (χ1v) is 16.5. The van der Waals surface area contributed by atoms with Gasteiger partial charge < -0.3 is 28.7 Å². The topological polar surface area (TPSA) is 149 Å². The predicted octanol–water partition coefficient (Wildman–Crippen LogP) is 5.83. The van der Waals surface area contributed by atoms with Gasteiger partial charge in [0.2, 0.25) is 0 Å². The number of alkyl halides is 3. The van der Waals surface area contributed by atoms with E-state index in [-0.39, 0.29) is 33.4 Å². The minimum atomic E-state index is -4.46. The Kier molecular flexibility index (Phi) is 10.6. The maximum Gasteiger partial charge on any atom is 0.422 e. The number of fused-ring (bicyclic) bond motifs is 2. The average molecular weight is 681 g/mol. The van der Waals surface area contributed by atoms with E-state index in [4.69, 9.17) is 23.3 Å². The second kappa shape index (κ2) is 14.5. The quantitative estimate of drug-likeness (QED) is 0.206. The third-order valence-electron chi connectivity index (χ3n) is 8.43. The van der Waals surface area contributed by atoms with Gasteiger partial charge in [-0.25, -0.2) is 0 Å². The van der Waals surface area contributed by atoms with E-state index in [0.29, 0.717) is 39.2 Å². The van der Waals surface area contributed by atoms with Gasteiger partial charge in [-0.15, -0.1) is 0 Å². The molecule has 11 nitrogen and oxygen atoms in total. The number of aliphatic carboxylic acids is 1. The van der Waals surface area contributed by atoms with Crippen molar-refractivity contribution in [2.75, 3.05) is 46.1 Å². The molecule has 2 fully saturated rings. The van der Waals surface area contributed by atoms with E-state index in [1.54, 1.807) is 18.2 Å². The molecule has 0 spiro atoms. The number of carboxylic acids is 1. The van der Waals surface area contributed by atoms with Crippen molar-refractivity contribution in [3.8, 4) is 11.6 Å². The van der Waals surface area contributed by atoms with Crippen LogP contribution in [0.1, 0.15) is 25.7 Å². The van der Waals surface area contributed by atoms with Gasteiger partial charge in [0.05, 0.1) is 16.9 Å². The molecule has 3 aromatic carbocycles. The highest BCUT2D eigenvalue weighted by atomic mass is 32.2. The van der Waals surface area contributed by atoms with E-state index in [1.807, 2.05) is 18.2 Å². The van der Waals surface area contributed by atoms with Crippen LogP contribution < -0.4 is 9.47 Å². The van der Waals surface area contributed by atoms with Crippen molar-refractivity contribution < 1.29 is 54.8 Å². The summed E-state index contributed by atoms with van der Waals surface area (Å²) in [5.41, 5.74) is -0.469. The molecular formula is C32H35F3N2O9S. The minimum absolute atomic E-state index is 0.00586. The number of ether oxygens (including phenoxy) is 3. The van der Waals surface area contributed by atoms with Gasteiger partial charge in [0.15, 0.2) is 12.2 Å². The Labute approximate surface area is 268 Å². The summed E-state index contributed by atoms with van der Waals surface area (Å²) < 4.78 is 89.5. The maximum atomic E-state index is 12.6. The lowest BCUT2D eigenvalue weighted by Gasteiger charge is -2.40. The van der Waals surface area contributed by atoms with Crippen LogP contribution >= 0.6 is 0 Å². The number of hydrogen-bond acceptors (Lipinski definition) is 9. The lowest BCUT2D eigenvalue weighted by atomic mass is 9.79. The molecule has 2 aliphatic rings. The molecule has 1 aromatic heterocycles. The molecule has 6 rings (SSSR count). The summed E-state index contributed by atoms with van der Waals surface area (Å²) in [5.74, 6) is -0.437. The van der Waals surface area contributed by atoms with E-state index in [0.717, 1.165) is 36.7 Å². The van der Waals surface area contributed by atoms with E-state index in [1.165, 1.54) is 24.3 Å². The average Bonchev–Trinajstić information content (AvgIpc) is 3.47. The second-order valence-electron chi connectivity index (χ2n) is 11.7. The maximum absolute atomic E-state index is 12.6. The Morgan fingerprint density at radius 3 is 2.36 bits per heavy atom. The number of nitrogens with zero attached hydrogens (tertiary/aromatic N) is 2. The minimum Gasteiger partial charge on any atom is -0.483 e. The molecule has 0 unspecified atom stereocenters. The lowest BCUT2D eigenvalue weighted by molar-refractivity contribution is -0.157. The summed E-state index contributed by atoms with van der Waals surface area (Å²) >= 11 is 0. The Bertz CT molecular complexity index is 1780.